The number of hydrogen-bond donors (Lipinski definition) is 2. The largest absolute Gasteiger partial charge is 0.382 e. The van der Waals surface area contributed by atoms with E-state index in [0.29, 0.717) is 5.82 Å². The number of nitrogen functional groups attached to an aromatic ring is 1. The lowest BCUT2D eigenvalue weighted by molar-refractivity contribution is 1.18. The quantitative estimate of drug-likeness (QED) is 0.760. The first-order valence-corrected chi connectivity index (χ1v) is 7.62. The molecule has 0 unspecified atom stereocenters. The van der Waals surface area contributed by atoms with Crippen LogP contribution in [0.15, 0.2) is 47.2 Å². The van der Waals surface area contributed by atoms with Gasteiger partial charge in [0.15, 0.2) is 0 Å². The maximum absolute atomic E-state index is 5.98. The summed E-state index contributed by atoms with van der Waals surface area (Å²) in [5.41, 5.74) is 9.36. The highest BCUT2D eigenvalue weighted by Crippen LogP contribution is 2.36. The Kier molecular flexibility index (Phi) is 3.48. The Morgan fingerprint density at radius 2 is 2.00 bits per heavy atom. The highest BCUT2D eigenvalue weighted by Gasteiger charge is 2.13. The Balaban J connectivity index is 1.87. The van der Waals surface area contributed by atoms with E-state index in [-0.39, 0.29) is 0 Å². The molecule has 1 aromatic carbocycles. The fourth-order valence-corrected chi connectivity index (χ4v) is 3.28. The predicted octanol–water partition coefficient (Wildman–Crippen LogP) is 4.07. The Bertz CT molecular complexity index is 645. The molecule has 0 aliphatic rings. The SMILES string of the molecule is Nc1nsc(NCc2ccsc2)c1-c1ccccc1. The van der Waals surface area contributed by atoms with Crippen LogP contribution < -0.4 is 11.1 Å². The van der Waals surface area contributed by atoms with Crippen LogP contribution in [0.3, 0.4) is 0 Å². The van der Waals surface area contributed by atoms with Gasteiger partial charge in [0, 0.05) is 6.54 Å². The van der Waals surface area contributed by atoms with Crippen molar-refractivity contribution < 1.29 is 0 Å². The Labute approximate surface area is 119 Å². The van der Waals surface area contributed by atoms with Crippen molar-refractivity contribution in [3.05, 3.63) is 52.7 Å². The van der Waals surface area contributed by atoms with Crippen molar-refractivity contribution in [3.63, 3.8) is 0 Å². The van der Waals surface area contributed by atoms with Crippen LogP contribution in [0.25, 0.3) is 11.1 Å². The standard InChI is InChI=1S/C14H13N3S2/c15-13-12(11-4-2-1-3-5-11)14(19-17-13)16-8-10-6-7-18-9-10/h1-7,9,16H,8H2,(H2,15,17). The number of nitrogens with two attached hydrogens (primary N) is 1. The Hall–Kier alpha value is -1.85. The number of anilines is 2. The summed E-state index contributed by atoms with van der Waals surface area (Å²) < 4.78 is 4.25. The number of rotatable bonds is 4. The lowest BCUT2D eigenvalue weighted by atomic mass is 10.1. The van der Waals surface area contributed by atoms with Crippen LogP contribution in [0.5, 0.6) is 0 Å². The second-order valence-electron chi connectivity index (χ2n) is 4.12. The summed E-state index contributed by atoms with van der Waals surface area (Å²) in [6, 6.07) is 12.2. The molecular weight excluding hydrogens is 274 g/mol. The van der Waals surface area contributed by atoms with Gasteiger partial charge in [0.05, 0.1) is 5.56 Å². The smallest absolute Gasteiger partial charge is 0.147 e. The van der Waals surface area contributed by atoms with Gasteiger partial charge in [-0.1, -0.05) is 30.3 Å². The van der Waals surface area contributed by atoms with Gasteiger partial charge < -0.3 is 11.1 Å². The van der Waals surface area contributed by atoms with E-state index in [2.05, 4.69) is 38.6 Å². The second kappa shape index (κ2) is 5.42. The molecule has 5 heteroatoms. The minimum Gasteiger partial charge on any atom is -0.382 e. The summed E-state index contributed by atoms with van der Waals surface area (Å²) in [6.07, 6.45) is 0. The van der Waals surface area contributed by atoms with E-state index in [1.165, 1.54) is 17.1 Å². The van der Waals surface area contributed by atoms with Gasteiger partial charge in [0.25, 0.3) is 0 Å². The first-order valence-electron chi connectivity index (χ1n) is 5.90. The lowest BCUT2D eigenvalue weighted by Crippen LogP contribution is -1.98. The molecule has 0 bridgehead atoms. The van der Waals surface area contributed by atoms with Gasteiger partial charge in [-0.3, -0.25) is 0 Å². The molecule has 0 fully saturated rings. The predicted molar refractivity (Wildman–Crippen MR) is 83.6 cm³/mol. The normalized spacial score (nSPS) is 10.5. The average molecular weight is 287 g/mol. The van der Waals surface area contributed by atoms with Crippen molar-refractivity contribution in [3.8, 4) is 11.1 Å². The van der Waals surface area contributed by atoms with Gasteiger partial charge in [0.2, 0.25) is 0 Å². The summed E-state index contributed by atoms with van der Waals surface area (Å²) in [5.74, 6) is 0.587. The minimum absolute atomic E-state index is 0.587. The summed E-state index contributed by atoms with van der Waals surface area (Å²) in [4.78, 5) is 0. The number of nitrogens with zero attached hydrogens (tertiary/aromatic N) is 1. The molecule has 96 valence electrons. The van der Waals surface area contributed by atoms with E-state index in [9.17, 15) is 0 Å². The highest BCUT2D eigenvalue weighted by atomic mass is 32.1. The van der Waals surface area contributed by atoms with Crippen molar-refractivity contribution in [2.45, 2.75) is 6.54 Å². The Morgan fingerprint density at radius 1 is 1.16 bits per heavy atom. The fraction of sp³-hybridized carbons (Fsp3) is 0.0714. The zero-order valence-electron chi connectivity index (χ0n) is 10.2. The molecule has 0 aliphatic carbocycles. The number of hydrogen-bond acceptors (Lipinski definition) is 5. The van der Waals surface area contributed by atoms with E-state index in [1.807, 2.05) is 18.2 Å². The van der Waals surface area contributed by atoms with Crippen LogP contribution >= 0.6 is 22.9 Å². The second-order valence-corrected chi connectivity index (χ2v) is 5.68. The lowest BCUT2D eigenvalue weighted by Gasteiger charge is -2.06. The molecule has 2 heterocycles. The molecule has 0 amide bonds. The Morgan fingerprint density at radius 3 is 2.74 bits per heavy atom. The molecule has 0 saturated carbocycles. The number of aromatic nitrogens is 1. The molecule has 0 spiro atoms. The molecule has 3 nitrogen and oxygen atoms in total. The van der Waals surface area contributed by atoms with Crippen LogP contribution in [0, 0.1) is 0 Å². The van der Waals surface area contributed by atoms with Crippen LogP contribution in [0.1, 0.15) is 5.56 Å². The molecule has 0 radical (unpaired) electrons. The molecule has 0 aliphatic heterocycles. The summed E-state index contributed by atoms with van der Waals surface area (Å²) >= 11 is 3.11. The van der Waals surface area contributed by atoms with Crippen molar-refractivity contribution in [1.82, 2.24) is 4.37 Å². The van der Waals surface area contributed by atoms with Crippen LogP contribution in [0.2, 0.25) is 0 Å². The number of benzene rings is 1. The third-order valence-electron chi connectivity index (χ3n) is 2.81. The van der Waals surface area contributed by atoms with Gasteiger partial charge >= 0.3 is 0 Å². The minimum atomic E-state index is 0.587. The van der Waals surface area contributed by atoms with Crippen LogP contribution in [-0.4, -0.2) is 4.37 Å². The molecule has 3 rings (SSSR count). The van der Waals surface area contributed by atoms with Crippen molar-refractivity contribution >= 4 is 33.7 Å². The summed E-state index contributed by atoms with van der Waals surface area (Å²) in [6.45, 7) is 0.797. The van der Waals surface area contributed by atoms with Gasteiger partial charge in [0.1, 0.15) is 10.8 Å². The van der Waals surface area contributed by atoms with E-state index in [1.54, 1.807) is 11.3 Å². The first-order chi connectivity index (χ1) is 9.34. The fourth-order valence-electron chi connectivity index (χ4n) is 1.88. The molecule has 0 atom stereocenters. The van der Waals surface area contributed by atoms with Gasteiger partial charge in [-0.15, -0.1) is 0 Å². The van der Waals surface area contributed by atoms with Crippen molar-refractivity contribution in [2.75, 3.05) is 11.1 Å². The molecular formula is C14H13N3S2. The summed E-state index contributed by atoms with van der Waals surface area (Å²) in [7, 11) is 0. The molecule has 19 heavy (non-hydrogen) atoms. The van der Waals surface area contributed by atoms with Gasteiger partial charge in [-0.05, 0) is 39.5 Å². The van der Waals surface area contributed by atoms with Crippen LogP contribution in [0.4, 0.5) is 10.8 Å². The monoisotopic (exact) mass is 287 g/mol. The number of nitrogens with one attached hydrogen (secondary N) is 1. The van der Waals surface area contributed by atoms with E-state index in [0.717, 1.165) is 22.7 Å². The van der Waals surface area contributed by atoms with Gasteiger partial charge in [-0.2, -0.15) is 15.7 Å². The molecule has 3 N–H and O–H groups in total. The van der Waals surface area contributed by atoms with Gasteiger partial charge in [-0.25, -0.2) is 0 Å². The maximum Gasteiger partial charge on any atom is 0.147 e. The van der Waals surface area contributed by atoms with E-state index in [4.69, 9.17) is 5.73 Å². The molecule has 0 saturated heterocycles. The zero-order chi connectivity index (χ0) is 13.1. The molecule has 2 aromatic heterocycles. The first kappa shape index (κ1) is 12.2. The van der Waals surface area contributed by atoms with Crippen molar-refractivity contribution in [1.29, 1.82) is 0 Å². The third kappa shape index (κ3) is 2.62. The average Bonchev–Trinajstić information content (AvgIpc) is 3.07. The maximum atomic E-state index is 5.98. The number of thiophene rings is 1. The van der Waals surface area contributed by atoms with E-state index >= 15 is 0 Å². The van der Waals surface area contributed by atoms with Crippen molar-refractivity contribution in [2.24, 2.45) is 0 Å². The topological polar surface area (TPSA) is 50.9 Å². The third-order valence-corrected chi connectivity index (χ3v) is 4.37. The zero-order valence-corrected chi connectivity index (χ0v) is 11.8. The molecule has 3 aromatic rings. The van der Waals surface area contributed by atoms with Crippen LogP contribution in [-0.2, 0) is 6.54 Å². The van der Waals surface area contributed by atoms with E-state index < -0.39 is 0 Å². The summed E-state index contributed by atoms with van der Waals surface area (Å²) in [5, 5.41) is 8.66. The highest BCUT2D eigenvalue weighted by molar-refractivity contribution is 7.11.